The SMILES string of the molecule is CC(C)CC(CNc1ccc(C(F)(F)F)cc1F)C(=O)O. The van der Waals surface area contributed by atoms with E-state index >= 15 is 0 Å². The van der Waals surface area contributed by atoms with Gasteiger partial charge >= 0.3 is 12.1 Å². The monoisotopic (exact) mass is 307 g/mol. The highest BCUT2D eigenvalue weighted by Crippen LogP contribution is 2.31. The van der Waals surface area contributed by atoms with E-state index in [1.165, 1.54) is 0 Å². The van der Waals surface area contributed by atoms with Crippen molar-refractivity contribution in [2.24, 2.45) is 11.8 Å². The number of benzene rings is 1. The molecule has 3 nitrogen and oxygen atoms in total. The molecule has 0 aliphatic rings. The summed E-state index contributed by atoms with van der Waals surface area (Å²) < 4.78 is 50.8. The molecule has 0 bridgehead atoms. The fraction of sp³-hybridized carbons (Fsp3) is 0.500. The van der Waals surface area contributed by atoms with Gasteiger partial charge in [0.25, 0.3) is 0 Å². The Kier molecular flexibility index (Phi) is 5.57. The predicted molar refractivity (Wildman–Crippen MR) is 70.5 cm³/mol. The number of alkyl halides is 3. The van der Waals surface area contributed by atoms with Crippen LogP contribution < -0.4 is 5.32 Å². The Labute approximate surface area is 120 Å². The summed E-state index contributed by atoms with van der Waals surface area (Å²) in [5, 5.41) is 11.6. The first-order valence-corrected chi connectivity index (χ1v) is 6.44. The first-order valence-electron chi connectivity index (χ1n) is 6.44. The summed E-state index contributed by atoms with van der Waals surface area (Å²) in [4.78, 5) is 11.0. The third kappa shape index (κ3) is 5.24. The van der Waals surface area contributed by atoms with Crippen molar-refractivity contribution in [2.75, 3.05) is 11.9 Å². The van der Waals surface area contributed by atoms with E-state index in [4.69, 9.17) is 5.11 Å². The molecule has 1 rings (SSSR count). The number of aliphatic carboxylic acids is 1. The molecule has 0 aliphatic heterocycles. The van der Waals surface area contributed by atoms with E-state index in [1.54, 1.807) is 0 Å². The highest BCUT2D eigenvalue weighted by atomic mass is 19.4. The largest absolute Gasteiger partial charge is 0.481 e. The molecule has 0 radical (unpaired) electrons. The molecule has 1 unspecified atom stereocenters. The van der Waals surface area contributed by atoms with Crippen LogP contribution in [0.25, 0.3) is 0 Å². The zero-order chi connectivity index (χ0) is 16.2. The first kappa shape index (κ1) is 17.3. The quantitative estimate of drug-likeness (QED) is 0.781. The zero-order valence-corrected chi connectivity index (χ0v) is 11.7. The van der Waals surface area contributed by atoms with Crippen LogP contribution in [0.2, 0.25) is 0 Å². The van der Waals surface area contributed by atoms with Crippen molar-refractivity contribution in [1.29, 1.82) is 0 Å². The summed E-state index contributed by atoms with van der Waals surface area (Å²) in [6, 6.07) is 2.11. The summed E-state index contributed by atoms with van der Waals surface area (Å²) in [5.41, 5.74) is -1.22. The molecule has 0 aromatic heterocycles. The van der Waals surface area contributed by atoms with Crippen molar-refractivity contribution in [1.82, 2.24) is 0 Å². The van der Waals surface area contributed by atoms with E-state index in [0.29, 0.717) is 12.5 Å². The molecular formula is C14H17F4NO2. The summed E-state index contributed by atoms with van der Waals surface area (Å²) in [6.07, 6.45) is -4.22. The number of carbonyl (C=O) groups is 1. The minimum absolute atomic E-state index is 0.0458. The molecule has 0 spiro atoms. The summed E-state index contributed by atoms with van der Waals surface area (Å²) in [6.45, 7) is 3.67. The first-order chi connectivity index (χ1) is 9.61. The Morgan fingerprint density at radius 1 is 1.33 bits per heavy atom. The Balaban J connectivity index is 2.77. The smallest absolute Gasteiger partial charge is 0.416 e. The lowest BCUT2D eigenvalue weighted by Crippen LogP contribution is -2.24. The third-order valence-corrected chi connectivity index (χ3v) is 2.94. The van der Waals surface area contributed by atoms with Gasteiger partial charge in [0.1, 0.15) is 5.82 Å². The van der Waals surface area contributed by atoms with Gasteiger partial charge in [0.15, 0.2) is 0 Å². The van der Waals surface area contributed by atoms with Crippen LogP contribution in [-0.2, 0) is 11.0 Å². The van der Waals surface area contributed by atoms with E-state index in [1.807, 2.05) is 13.8 Å². The third-order valence-electron chi connectivity index (χ3n) is 2.94. The van der Waals surface area contributed by atoms with E-state index in [9.17, 15) is 22.4 Å². The molecule has 1 aromatic rings. The van der Waals surface area contributed by atoms with Crippen molar-refractivity contribution in [2.45, 2.75) is 26.4 Å². The molecule has 2 N–H and O–H groups in total. The Hall–Kier alpha value is -1.79. The van der Waals surface area contributed by atoms with Gasteiger partial charge in [-0.15, -0.1) is 0 Å². The molecule has 0 amide bonds. The van der Waals surface area contributed by atoms with Crippen LogP contribution >= 0.6 is 0 Å². The lowest BCUT2D eigenvalue weighted by Gasteiger charge is -2.17. The van der Waals surface area contributed by atoms with Gasteiger partial charge in [-0.05, 0) is 30.5 Å². The number of nitrogens with one attached hydrogen (secondary N) is 1. The number of carboxylic acids is 1. The van der Waals surface area contributed by atoms with Crippen molar-refractivity contribution in [3.63, 3.8) is 0 Å². The molecule has 1 atom stereocenters. The van der Waals surface area contributed by atoms with Crippen LogP contribution in [0.1, 0.15) is 25.8 Å². The topological polar surface area (TPSA) is 49.3 Å². The van der Waals surface area contributed by atoms with E-state index in [-0.39, 0.29) is 18.2 Å². The second kappa shape index (κ2) is 6.78. The lowest BCUT2D eigenvalue weighted by molar-refractivity contribution is -0.141. The zero-order valence-electron chi connectivity index (χ0n) is 11.7. The minimum atomic E-state index is -4.61. The van der Waals surface area contributed by atoms with Crippen molar-refractivity contribution in [3.05, 3.63) is 29.6 Å². The van der Waals surface area contributed by atoms with Crippen molar-refractivity contribution in [3.8, 4) is 0 Å². The number of hydrogen-bond donors (Lipinski definition) is 2. The standard InChI is InChI=1S/C14H17F4NO2/c1-8(2)5-9(13(20)21)7-19-12-4-3-10(6-11(12)15)14(16,17)18/h3-4,6,8-9,19H,5,7H2,1-2H3,(H,20,21). The van der Waals surface area contributed by atoms with Gasteiger partial charge in [0.05, 0.1) is 17.2 Å². The second-order valence-corrected chi connectivity index (χ2v) is 5.24. The van der Waals surface area contributed by atoms with Gasteiger partial charge < -0.3 is 10.4 Å². The molecule has 7 heteroatoms. The van der Waals surface area contributed by atoms with Gasteiger partial charge in [0, 0.05) is 6.54 Å². The van der Waals surface area contributed by atoms with Gasteiger partial charge in [-0.1, -0.05) is 13.8 Å². The fourth-order valence-electron chi connectivity index (χ4n) is 1.91. The van der Waals surface area contributed by atoms with Crippen molar-refractivity contribution >= 4 is 11.7 Å². The van der Waals surface area contributed by atoms with E-state index < -0.39 is 29.4 Å². The van der Waals surface area contributed by atoms with E-state index in [0.717, 1.165) is 12.1 Å². The maximum absolute atomic E-state index is 13.6. The molecule has 118 valence electrons. The Bertz CT molecular complexity index is 500. The molecule has 0 heterocycles. The molecule has 0 saturated carbocycles. The van der Waals surface area contributed by atoms with Crippen molar-refractivity contribution < 1.29 is 27.5 Å². The van der Waals surface area contributed by atoms with Crippen LogP contribution in [0.5, 0.6) is 0 Å². The van der Waals surface area contributed by atoms with Gasteiger partial charge in [-0.3, -0.25) is 4.79 Å². The Morgan fingerprint density at radius 2 is 1.95 bits per heavy atom. The molecule has 0 aliphatic carbocycles. The highest BCUT2D eigenvalue weighted by molar-refractivity contribution is 5.70. The van der Waals surface area contributed by atoms with Crippen LogP contribution in [-0.4, -0.2) is 17.6 Å². The van der Waals surface area contributed by atoms with Crippen LogP contribution in [0.4, 0.5) is 23.2 Å². The van der Waals surface area contributed by atoms with Crippen LogP contribution in [0.15, 0.2) is 18.2 Å². The van der Waals surface area contributed by atoms with Gasteiger partial charge in [-0.2, -0.15) is 13.2 Å². The minimum Gasteiger partial charge on any atom is -0.481 e. The summed E-state index contributed by atoms with van der Waals surface area (Å²) in [5.74, 6) is -2.67. The Morgan fingerprint density at radius 3 is 2.38 bits per heavy atom. The summed E-state index contributed by atoms with van der Waals surface area (Å²) in [7, 11) is 0. The predicted octanol–water partition coefficient (Wildman–Crippen LogP) is 4.00. The average molecular weight is 307 g/mol. The number of anilines is 1. The second-order valence-electron chi connectivity index (χ2n) is 5.24. The van der Waals surface area contributed by atoms with E-state index in [2.05, 4.69) is 5.32 Å². The molecule has 21 heavy (non-hydrogen) atoms. The number of halogens is 4. The molecule has 0 saturated heterocycles. The maximum atomic E-state index is 13.6. The van der Waals surface area contributed by atoms with Crippen LogP contribution in [0, 0.1) is 17.7 Å². The molecular weight excluding hydrogens is 290 g/mol. The average Bonchev–Trinajstić information content (AvgIpc) is 2.33. The van der Waals surface area contributed by atoms with Gasteiger partial charge in [-0.25, -0.2) is 4.39 Å². The lowest BCUT2D eigenvalue weighted by atomic mass is 9.97. The fourth-order valence-corrected chi connectivity index (χ4v) is 1.91. The normalized spacial score (nSPS) is 13.3. The number of carboxylic acid groups (broad SMARTS) is 1. The molecule has 1 aromatic carbocycles. The maximum Gasteiger partial charge on any atom is 0.416 e. The highest BCUT2D eigenvalue weighted by Gasteiger charge is 2.31. The van der Waals surface area contributed by atoms with Gasteiger partial charge in [0.2, 0.25) is 0 Å². The summed E-state index contributed by atoms with van der Waals surface area (Å²) >= 11 is 0. The number of rotatable bonds is 6. The molecule has 0 fully saturated rings. The van der Waals surface area contributed by atoms with Crippen LogP contribution in [0.3, 0.4) is 0 Å². The number of hydrogen-bond acceptors (Lipinski definition) is 2.